The zero-order chi connectivity index (χ0) is 18.4. The number of anilines is 1. The molecule has 1 heterocycles. The molecule has 0 aliphatic carbocycles. The second-order valence-corrected chi connectivity index (χ2v) is 5.92. The maximum atomic E-state index is 13.0. The van der Waals surface area contributed by atoms with Gasteiger partial charge in [0.1, 0.15) is 18.5 Å². The minimum absolute atomic E-state index is 0.0200. The Morgan fingerprint density at radius 3 is 2.73 bits per heavy atom. The van der Waals surface area contributed by atoms with Crippen LogP contribution < -0.4 is 10.1 Å². The third kappa shape index (κ3) is 3.73. The quantitative estimate of drug-likeness (QED) is 0.579. The predicted octanol–water partition coefficient (Wildman–Crippen LogP) is 3.85. The molecule has 1 unspecified atom stereocenters. The molecule has 2 aromatic rings. The van der Waals surface area contributed by atoms with E-state index in [1.165, 1.54) is 0 Å². The van der Waals surface area contributed by atoms with Crippen LogP contribution in [0.5, 0.6) is 5.75 Å². The lowest BCUT2D eigenvalue weighted by Crippen LogP contribution is -2.43. The van der Waals surface area contributed by atoms with E-state index >= 15 is 0 Å². The average molecular weight is 352 g/mol. The standard InChI is InChI=1S/C21H24N2O3/c1-3-13-23-20(22-18-11-7-5-9-16(18)21(23)24)17-10-6-8-12-19(17)26-15-14-25-4-2/h3,5-12,20,22H,1,4,13-15H2,2H3. The van der Waals surface area contributed by atoms with Gasteiger partial charge in [-0.15, -0.1) is 6.58 Å². The number of benzene rings is 2. The van der Waals surface area contributed by atoms with Gasteiger partial charge in [0.25, 0.3) is 5.91 Å². The molecule has 1 amide bonds. The van der Waals surface area contributed by atoms with Crippen LogP contribution in [0.3, 0.4) is 0 Å². The van der Waals surface area contributed by atoms with E-state index < -0.39 is 0 Å². The van der Waals surface area contributed by atoms with Crippen molar-refractivity contribution < 1.29 is 14.3 Å². The van der Waals surface area contributed by atoms with Crippen molar-refractivity contribution in [3.63, 3.8) is 0 Å². The minimum atomic E-state index is -0.321. The molecule has 1 aliphatic heterocycles. The summed E-state index contributed by atoms with van der Waals surface area (Å²) in [5.74, 6) is 0.722. The highest BCUT2D eigenvalue weighted by Gasteiger charge is 2.33. The van der Waals surface area contributed by atoms with E-state index in [2.05, 4.69) is 11.9 Å². The molecule has 2 aromatic carbocycles. The Kier molecular flexibility index (Phi) is 5.92. The summed E-state index contributed by atoms with van der Waals surface area (Å²) in [5.41, 5.74) is 2.40. The van der Waals surface area contributed by atoms with Gasteiger partial charge in [-0.25, -0.2) is 0 Å². The Balaban J connectivity index is 1.91. The Morgan fingerprint density at radius 2 is 1.92 bits per heavy atom. The number of carbonyl (C=O) groups excluding carboxylic acids is 1. The van der Waals surface area contributed by atoms with E-state index in [1.807, 2.05) is 55.5 Å². The van der Waals surface area contributed by atoms with Crippen LogP contribution in [0.1, 0.15) is 29.0 Å². The summed E-state index contributed by atoms with van der Waals surface area (Å²) >= 11 is 0. The highest BCUT2D eigenvalue weighted by Crippen LogP contribution is 2.36. The van der Waals surface area contributed by atoms with E-state index in [4.69, 9.17) is 9.47 Å². The number of rotatable bonds is 8. The van der Waals surface area contributed by atoms with Crippen molar-refractivity contribution in [2.45, 2.75) is 13.1 Å². The maximum Gasteiger partial charge on any atom is 0.258 e. The molecule has 0 bridgehead atoms. The van der Waals surface area contributed by atoms with Gasteiger partial charge in [-0.3, -0.25) is 4.79 Å². The first-order chi connectivity index (χ1) is 12.8. The summed E-state index contributed by atoms with van der Waals surface area (Å²) in [5, 5.41) is 3.47. The van der Waals surface area contributed by atoms with Gasteiger partial charge in [0.15, 0.2) is 0 Å². The molecule has 136 valence electrons. The van der Waals surface area contributed by atoms with Gasteiger partial charge in [-0.05, 0) is 25.1 Å². The lowest BCUT2D eigenvalue weighted by Gasteiger charge is -2.38. The van der Waals surface area contributed by atoms with Crippen LogP contribution >= 0.6 is 0 Å². The number of nitrogens with one attached hydrogen (secondary N) is 1. The zero-order valence-electron chi connectivity index (χ0n) is 15.0. The topological polar surface area (TPSA) is 50.8 Å². The molecular formula is C21H24N2O3. The largest absolute Gasteiger partial charge is 0.491 e. The number of hydrogen-bond acceptors (Lipinski definition) is 4. The summed E-state index contributed by atoms with van der Waals surface area (Å²) in [6.07, 6.45) is 1.41. The monoisotopic (exact) mass is 352 g/mol. The smallest absolute Gasteiger partial charge is 0.258 e. The van der Waals surface area contributed by atoms with E-state index in [-0.39, 0.29) is 12.1 Å². The first kappa shape index (κ1) is 18.0. The lowest BCUT2D eigenvalue weighted by molar-refractivity contribution is 0.0702. The zero-order valence-corrected chi connectivity index (χ0v) is 15.0. The van der Waals surface area contributed by atoms with Crippen molar-refractivity contribution in [2.24, 2.45) is 0 Å². The van der Waals surface area contributed by atoms with Gasteiger partial charge < -0.3 is 19.7 Å². The van der Waals surface area contributed by atoms with Crippen molar-refractivity contribution in [3.8, 4) is 5.75 Å². The van der Waals surface area contributed by atoms with Crippen molar-refractivity contribution >= 4 is 11.6 Å². The summed E-state index contributed by atoms with van der Waals surface area (Å²) < 4.78 is 11.3. The van der Waals surface area contributed by atoms with E-state index in [1.54, 1.807) is 11.0 Å². The normalized spacial score (nSPS) is 16.0. The van der Waals surface area contributed by atoms with Crippen molar-refractivity contribution in [2.75, 3.05) is 31.7 Å². The first-order valence-corrected chi connectivity index (χ1v) is 8.83. The fourth-order valence-corrected chi connectivity index (χ4v) is 3.06. The number of fused-ring (bicyclic) bond motifs is 1. The molecule has 3 rings (SSSR count). The number of carbonyl (C=O) groups is 1. The number of nitrogens with zero attached hydrogens (tertiary/aromatic N) is 1. The van der Waals surface area contributed by atoms with Crippen molar-refractivity contribution in [3.05, 3.63) is 72.3 Å². The molecule has 0 saturated carbocycles. The average Bonchev–Trinajstić information content (AvgIpc) is 2.68. The SMILES string of the molecule is C=CCN1C(=O)c2ccccc2NC1c1ccccc1OCCOCC. The van der Waals surface area contributed by atoms with Gasteiger partial charge in [0, 0.05) is 24.4 Å². The molecule has 0 fully saturated rings. The van der Waals surface area contributed by atoms with Crippen molar-refractivity contribution in [1.29, 1.82) is 0 Å². The summed E-state index contributed by atoms with van der Waals surface area (Å²) in [6, 6.07) is 15.3. The minimum Gasteiger partial charge on any atom is -0.491 e. The fraction of sp³-hybridized carbons (Fsp3) is 0.286. The van der Waals surface area contributed by atoms with Gasteiger partial charge >= 0.3 is 0 Å². The highest BCUT2D eigenvalue weighted by atomic mass is 16.5. The molecule has 0 radical (unpaired) electrons. The molecule has 0 spiro atoms. The lowest BCUT2D eigenvalue weighted by atomic mass is 10.0. The second kappa shape index (κ2) is 8.54. The molecular weight excluding hydrogens is 328 g/mol. The Morgan fingerprint density at radius 1 is 1.15 bits per heavy atom. The van der Waals surface area contributed by atoms with Crippen LogP contribution in [-0.4, -0.2) is 37.2 Å². The van der Waals surface area contributed by atoms with Gasteiger partial charge in [0.05, 0.1) is 12.2 Å². The summed E-state index contributed by atoms with van der Waals surface area (Å²) in [7, 11) is 0. The molecule has 0 saturated heterocycles. The predicted molar refractivity (Wildman–Crippen MR) is 102 cm³/mol. The molecule has 1 aliphatic rings. The van der Waals surface area contributed by atoms with E-state index in [0.29, 0.717) is 31.9 Å². The van der Waals surface area contributed by atoms with Gasteiger partial charge in [-0.1, -0.05) is 36.4 Å². The van der Waals surface area contributed by atoms with Gasteiger partial charge in [-0.2, -0.15) is 0 Å². The molecule has 1 N–H and O–H groups in total. The van der Waals surface area contributed by atoms with Crippen LogP contribution in [0, 0.1) is 0 Å². The third-order valence-electron chi connectivity index (χ3n) is 4.25. The number of hydrogen-bond donors (Lipinski definition) is 1. The number of para-hydroxylation sites is 2. The van der Waals surface area contributed by atoms with Crippen LogP contribution in [0.15, 0.2) is 61.2 Å². The Labute approximate surface area is 154 Å². The summed E-state index contributed by atoms with van der Waals surface area (Å²) in [4.78, 5) is 14.7. The number of ether oxygens (including phenoxy) is 2. The first-order valence-electron chi connectivity index (χ1n) is 8.83. The van der Waals surface area contributed by atoms with Crippen LogP contribution in [0.25, 0.3) is 0 Å². The highest BCUT2D eigenvalue weighted by molar-refractivity contribution is 6.01. The maximum absolute atomic E-state index is 13.0. The Hall–Kier alpha value is -2.79. The Bertz CT molecular complexity index is 775. The number of amides is 1. The molecule has 5 heteroatoms. The van der Waals surface area contributed by atoms with Crippen molar-refractivity contribution in [1.82, 2.24) is 4.90 Å². The van der Waals surface area contributed by atoms with E-state index in [0.717, 1.165) is 17.0 Å². The van der Waals surface area contributed by atoms with E-state index in [9.17, 15) is 4.79 Å². The van der Waals surface area contributed by atoms with Crippen LogP contribution in [0.2, 0.25) is 0 Å². The van der Waals surface area contributed by atoms with Crippen LogP contribution in [0.4, 0.5) is 5.69 Å². The molecule has 1 atom stereocenters. The second-order valence-electron chi connectivity index (χ2n) is 5.92. The molecule has 26 heavy (non-hydrogen) atoms. The van der Waals surface area contributed by atoms with Gasteiger partial charge in [0.2, 0.25) is 0 Å². The molecule has 5 nitrogen and oxygen atoms in total. The summed E-state index contributed by atoms with van der Waals surface area (Å²) in [6.45, 7) is 7.84. The van der Waals surface area contributed by atoms with Crippen LogP contribution in [-0.2, 0) is 4.74 Å². The third-order valence-corrected chi connectivity index (χ3v) is 4.25. The fourth-order valence-electron chi connectivity index (χ4n) is 3.06. The molecule has 0 aromatic heterocycles.